The van der Waals surface area contributed by atoms with Gasteiger partial charge in [-0.2, -0.15) is 5.10 Å². The lowest BCUT2D eigenvalue weighted by Crippen LogP contribution is -2.34. The fraction of sp³-hybridized carbons (Fsp3) is 0.455. The Bertz CT molecular complexity index is 556. The van der Waals surface area contributed by atoms with Crippen molar-refractivity contribution in [1.82, 2.24) is 24.7 Å². The van der Waals surface area contributed by atoms with Crippen molar-refractivity contribution in [3.05, 3.63) is 24.0 Å². The summed E-state index contributed by atoms with van der Waals surface area (Å²) in [6.45, 7) is 1.68. The van der Waals surface area contributed by atoms with E-state index >= 15 is 0 Å². The fourth-order valence-electron chi connectivity index (χ4n) is 2.42. The number of nitrogen functional groups attached to an aromatic ring is 1. The van der Waals surface area contributed by atoms with E-state index < -0.39 is 0 Å². The molecule has 3 heterocycles. The van der Waals surface area contributed by atoms with Gasteiger partial charge in [0.25, 0.3) is 0 Å². The van der Waals surface area contributed by atoms with Gasteiger partial charge in [0, 0.05) is 6.54 Å². The van der Waals surface area contributed by atoms with Gasteiger partial charge in [-0.1, -0.05) is 11.6 Å². The summed E-state index contributed by atoms with van der Waals surface area (Å²) < 4.78 is 1.82. The minimum absolute atomic E-state index is 0.300. The molecule has 0 bridgehead atoms. The summed E-state index contributed by atoms with van der Waals surface area (Å²) in [5.41, 5.74) is 5.73. The molecule has 1 saturated heterocycles. The van der Waals surface area contributed by atoms with Crippen LogP contribution in [0, 0.1) is 0 Å². The molecular formula is C11H14ClN7. The lowest BCUT2D eigenvalue weighted by molar-refractivity contribution is 0.506. The van der Waals surface area contributed by atoms with Crippen LogP contribution in [-0.4, -0.2) is 37.3 Å². The first kappa shape index (κ1) is 12.2. The van der Waals surface area contributed by atoms with Crippen LogP contribution in [0.5, 0.6) is 0 Å². The predicted molar refractivity (Wildman–Crippen MR) is 71.8 cm³/mol. The molecule has 2 aromatic heterocycles. The Morgan fingerprint density at radius 1 is 1.37 bits per heavy atom. The maximum absolute atomic E-state index is 6.19. The molecule has 0 aromatic carbocycles. The highest BCUT2D eigenvalue weighted by Crippen LogP contribution is 2.32. The van der Waals surface area contributed by atoms with Crippen molar-refractivity contribution in [1.29, 1.82) is 0 Å². The minimum atomic E-state index is 0.300. The van der Waals surface area contributed by atoms with Crippen molar-refractivity contribution >= 4 is 23.2 Å². The zero-order valence-corrected chi connectivity index (χ0v) is 11.0. The molecule has 2 N–H and O–H groups in total. The van der Waals surface area contributed by atoms with Crippen molar-refractivity contribution in [3.8, 4) is 0 Å². The molecule has 0 aliphatic carbocycles. The zero-order valence-electron chi connectivity index (χ0n) is 10.3. The van der Waals surface area contributed by atoms with Crippen LogP contribution in [0.25, 0.3) is 0 Å². The van der Waals surface area contributed by atoms with Crippen LogP contribution >= 0.6 is 11.6 Å². The van der Waals surface area contributed by atoms with E-state index in [9.17, 15) is 0 Å². The summed E-state index contributed by atoms with van der Waals surface area (Å²) >= 11 is 6.19. The molecule has 1 aliphatic heterocycles. The fourth-order valence-corrected chi connectivity index (χ4v) is 2.63. The van der Waals surface area contributed by atoms with Gasteiger partial charge in [0.2, 0.25) is 0 Å². The molecule has 2 aromatic rings. The van der Waals surface area contributed by atoms with Crippen molar-refractivity contribution in [2.45, 2.75) is 25.4 Å². The van der Waals surface area contributed by atoms with E-state index in [4.69, 9.17) is 17.3 Å². The van der Waals surface area contributed by atoms with Crippen molar-refractivity contribution < 1.29 is 0 Å². The molecule has 8 heteroatoms. The molecule has 19 heavy (non-hydrogen) atoms. The number of hydrogen-bond donors (Lipinski definition) is 1. The monoisotopic (exact) mass is 279 g/mol. The van der Waals surface area contributed by atoms with Crippen molar-refractivity contribution in [3.63, 3.8) is 0 Å². The molecule has 1 fully saturated rings. The Labute approximate surface area is 115 Å². The normalized spacial score (nSPS) is 19.0. The number of nitrogens with two attached hydrogens (primary N) is 1. The van der Waals surface area contributed by atoms with E-state index in [0.717, 1.165) is 25.9 Å². The van der Waals surface area contributed by atoms with Crippen LogP contribution < -0.4 is 10.6 Å². The third-order valence-corrected chi connectivity index (χ3v) is 3.67. The molecule has 0 spiro atoms. The van der Waals surface area contributed by atoms with Gasteiger partial charge in [-0.3, -0.25) is 4.68 Å². The lowest BCUT2D eigenvalue weighted by Gasteiger charge is -2.26. The highest BCUT2D eigenvalue weighted by Gasteiger charge is 2.28. The maximum atomic E-state index is 6.19. The second-order valence-corrected chi connectivity index (χ2v) is 4.88. The summed E-state index contributed by atoms with van der Waals surface area (Å²) in [5, 5.41) is 4.56. The average molecular weight is 280 g/mol. The van der Waals surface area contributed by atoms with Crippen molar-refractivity contribution in [2.75, 3.05) is 17.2 Å². The van der Waals surface area contributed by atoms with Crippen LogP contribution in [0.1, 0.15) is 12.8 Å². The summed E-state index contributed by atoms with van der Waals surface area (Å²) in [7, 11) is 0. The number of aromatic nitrogens is 5. The Morgan fingerprint density at radius 2 is 2.26 bits per heavy atom. The van der Waals surface area contributed by atoms with Gasteiger partial charge in [0.05, 0.1) is 12.6 Å². The minimum Gasteiger partial charge on any atom is -0.382 e. The van der Waals surface area contributed by atoms with Gasteiger partial charge in [0.15, 0.2) is 5.82 Å². The molecule has 1 aliphatic rings. The lowest BCUT2D eigenvalue weighted by atomic mass is 10.2. The Balaban J connectivity index is 1.84. The Hall–Kier alpha value is -1.89. The molecule has 1 unspecified atom stereocenters. The van der Waals surface area contributed by atoms with Crippen LogP contribution in [-0.2, 0) is 6.54 Å². The highest BCUT2D eigenvalue weighted by molar-refractivity contribution is 6.35. The second kappa shape index (κ2) is 5.00. The van der Waals surface area contributed by atoms with Gasteiger partial charge < -0.3 is 10.6 Å². The number of nitrogens with zero attached hydrogens (tertiary/aromatic N) is 6. The molecule has 1 atom stereocenters. The Morgan fingerprint density at radius 3 is 3.05 bits per heavy atom. The Kier molecular flexibility index (Phi) is 3.20. The van der Waals surface area contributed by atoms with Gasteiger partial charge in [0.1, 0.15) is 29.8 Å². The van der Waals surface area contributed by atoms with Crippen LogP contribution in [0.2, 0.25) is 5.02 Å². The maximum Gasteiger partial charge on any atom is 0.153 e. The number of anilines is 2. The molecule has 0 radical (unpaired) electrons. The summed E-state index contributed by atoms with van der Waals surface area (Å²) in [5.74, 6) is 1.02. The topological polar surface area (TPSA) is 85.8 Å². The molecule has 0 amide bonds. The largest absolute Gasteiger partial charge is 0.382 e. The second-order valence-electron chi connectivity index (χ2n) is 4.50. The van der Waals surface area contributed by atoms with E-state index in [1.54, 1.807) is 6.33 Å². The van der Waals surface area contributed by atoms with E-state index in [2.05, 4.69) is 25.0 Å². The van der Waals surface area contributed by atoms with Gasteiger partial charge in [-0.15, -0.1) is 0 Å². The van der Waals surface area contributed by atoms with Crippen LogP contribution in [0.3, 0.4) is 0 Å². The highest BCUT2D eigenvalue weighted by atomic mass is 35.5. The molecular weight excluding hydrogens is 266 g/mol. The SMILES string of the molecule is Nc1ncnc(N2CCCC2Cn2cncn2)c1Cl. The number of rotatable bonds is 3. The first-order chi connectivity index (χ1) is 9.25. The third-order valence-electron chi connectivity index (χ3n) is 3.31. The number of halogens is 1. The molecule has 100 valence electrons. The van der Waals surface area contributed by atoms with E-state index in [-0.39, 0.29) is 0 Å². The average Bonchev–Trinajstić information content (AvgIpc) is 3.05. The summed E-state index contributed by atoms with van der Waals surface area (Å²) in [4.78, 5) is 14.3. The van der Waals surface area contributed by atoms with Gasteiger partial charge in [-0.25, -0.2) is 15.0 Å². The van der Waals surface area contributed by atoms with Crippen molar-refractivity contribution in [2.24, 2.45) is 0 Å². The quantitative estimate of drug-likeness (QED) is 0.901. The van der Waals surface area contributed by atoms with E-state index in [1.165, 1.54) is 12.7 Å². The van der Waals surface area contributed by atoms with E-state index in [1.807, 2.05) is 4.68 Å². The van der Waals surface area contributed by atoms with Gasteiger partial charge in [-0.05, 0) is 12.8 Å². The first-order valence-corrected chi connectivity index (χ1v) is 6.48. The number of hydrogen-bond acceptors (Lipinski definition) is 6. The standard InChI is InChI=1S/C11H14ClN7/c12-9-10(13)15-6-16-11(9)19-3-1-2-8(19)4-18-7-14-5-17-18/h5-8H,1-4H2,(H2,13,15,16). The van der Waals surface area contributed by atoms with Gasteiger partial charge >= 0.3 is 0 Å². The predicted octanol–water partition coefficient (Wildman–Crippen LogP) is 0.973. The van der Waals surface area contributed by atoms with Crippen LogP contribution in [0.15, 0.2) is 19.0 Å². The molecule has 0 saturated carbocycles. The van der Waals surface area contributed by atoms with Crippen LogP contribution in [0.4, 0.5) is 11.6 Å². The summed E-state index contributed by atoms with van der Waals surface area (Å²) in [6.07, 6.45) is 6.86. The zero-order chi connectivity index (χ0) is 13.2. The molecule has 3 rings (SSSR count). The smallest absolute Gasteiger partial charge is 0.153 e. The first-order valence-electron chi connectivity index (χ1n) is 6.10. The molecule has 7 nitrogen and oxygen atoms in total. The summed E-state index contributed by atoms with van der Waals surface area (Å²) in [6, 6.07) is 0.300. The van der Waals surface area contributed by atoms with E-state index in [0.29, 0.717) is 22.7 Å². The third kappa shape index (κ3) is 2.33.